The number of benzene rings is 1. The van der Waals surface area contributed by atoms with Gasteiger partial charge in [-0.15, -0.1) is 11.3 Å². The maximum atomic E-state index is 12.2. The normalized spacial score (nSPS) is 10.3. The largest absolute Gasteiger partial charge is 0.385 e. The summed E-state index contributed by atoms with van der Waals surface area (Å²) in [5, 5.41) is 8.17. The standard InChI is InChI=1S/C15H19N3OS/c1-3-16-14-8-11(2)4-5-13(14)15(19)17-7-6-12-9-20-10-18-12/h4-5,8-10,16H,3,6-7H2,1-2H3,(H,17,19). The lowest BCUT2D eigenvalue weighted by atomic mass is 10.1. The fourth-order valence-electron chi connectivity index (χ4n) is 1.95. The number of rotatable bonds is 6. The van der Waals surface area contributed by atoms with Crippen molar-refractivity contribution < 1.29 is 4.79 Å². The summed E-state index contributed by atoms with van der Waals surface area (Å²) in [4.78, 5) is 16.4. The Morgan fingerprint density at radius 1 is 1.40 bits per heavy atom. The summed E-state index contributed by atoms with van der Waals surface area (Å²) in [6.45, 7) is 5.43. The number of carbonyl (C=O) groups excluding carboxylic acids is 1. The van der Waals surface area contributed by atoms with E-state index in [2.05, 4.69) is 15.6 Å². The lowest BCUT2D eigenvalue weighted by Gasteiger charge is -2.11. The van der Waals surface area contributed by atoms with Crippen LogP contribution in [0.3, 0.4) is 0 Å². The van der Waals surface area contributed by atoms with Crippen LogP contribution in [-0.2, 0) is 6.42 Å². The number of thiazole rings is 1. The van der Waals surface area contributed by atoms with Crippen LogP contribution < -0.4 is 10.6 Å². The molecule has 0 spiro atoms. The second-order valence-corrected chi connectivity index (χ2v) is 5.28. The van der Waals surface area contributed by atoms with Crippen LogP contribution in [0, 0.1) is 6.92 Å². The van der Waals surface area contributed by atoms with Crippen LogP contribution in [0.25, 0.3) is 0 Å². The van der Waals surface area contributed by atoms with Crippen molar-refractivity contribution in [3.63, 3.8) is 0 Å². The van der Waals surface area contributed by atoms with E-state index in [-0.39, 0.29) is 5.91 Å². The Morgan fingerprint density at radius 2 is 2.25 bits per heavy atom. The molecule has 1 heterocycles. The SMILES string of the molecule is CCNc1cc(C)ccc1C(=O)NCCc1cscn1. The molecule has 4 nitrogen and oxygen atoms in total. The van der Waals surface area contributed by atoms with Gasteiger partial charge in [-0.1, -0.05) is 6.07 Å². The quantitative estimate of drug-likeness (QED) is 0.860. The van der Waals surface area contributed by atoms with E-state index in [4.69, 9.17) is 0 Å². The fraction of sp³-hybridized carbons (Fsp3) is 0.333. The van der Waals surface area contributed by atoms with Gasteiger partial charge < -0.3 is 10.6 Å². The van der Waals surface area contributed by atoms with E-state index in [0.29, 0.717) is 12.1 Å². The minimum atomic E-state index is -0.0452. The Bertz CT molecular complexity index is 567. The molecule has 0 radical (unpaired) electrons. The van der Waals surface area contributed by atoms with Gasteiger partial charge in [-0.05, 0) is 31.5 Å². The van der Waals surface area contributed by atoms with Gasteiger partial charge in [0.1, 0.15) is 0 Å². The summed E-state index contributed by atoms with van der Waals surface area (Å²) < 4.78 is 0. The maximum Gasteiger partial charge on any atom is 0.253 e. The molecule has 2 N–H and O–H groups in total. The van der Waals surface area contributed by atoms with Gasteiger partial charge in [0.25, 0.3) is 5.91 Å². The summed E-state index contributed by atoms with van der Waals surface area (Å²) in [7, 11) is 0. The van der Waals surface area contributed by atoms with Crippen LogP contribution >= 0.6 is 11.3 Å². The molecule has 1 amide bonds. The molecule has 0 aliphatic carbocycles. The summed E-state index contributed by atoms with van der Waals surface area (Å²) in [5.74, 6) is -0.0452. The molecule has 0 aliphatic heterocycles. The Morgan fingerprint density at radius 3 is 2.95 bits per heavy atom. The third-order valence-electron chi connectivity index (χ3n) is 2.94. The van der Waals surface area contributed by atoms with Gasteiger partial charge in [0, 0.05) is 30.6 Å². The zero-order chi connectivity index (χ0) is 14.4. The van der Waals surface area contributed by atoms with E-state index >= 15 is 0 Å². The molecule has 0 saturated carbocycles. The van der Waals surface area contributed by atoms with Gasteiger partial charge in [0.15, 0.2) is 0 Å². The second-order valence-electron chi connectivity index (χ2n) is 4.57. The molecule has 2 aromatic rings. The van der Waals surface area contributed by atoms with E-state index < -0.39 is 0 Å². The zero-order valence-corrected chi connectivity index (χ0v) is 12.6. The lowest BCUT2D eigenvalue weighted by Crippen LogP contribution is -2.26. The molecule has 5 heteroatoms. The number of hydrogen-bond acceptors (Lipinski definition) is 4. The van der Waals surface area contributed by atoms with Crippen molar-refractivity contribution in [1.82, 2.24) is 10.3 Å². The highest BCUT2D eigenvalue weighted by atomic mass is 32.1. The van der Waals surface area contributed by atoms with Crippen LogP contribution in [0.2, 0.25) is 0 Å². The number of amides is 1. The Balaban J connectivity index is 1.97. The van der Waals surface area contributed by atoms with Crippen molar-refractivity contribution in [2.24, 2.45) is 0 Å². The Hall–Kier alpha value is -1.88. The molecule has 0 unspecified atom stereocenters. The molecule has 0 aliphatic rings. The summed E-state index contributed by atoms with van der Waals surface area (Å²) in [6, 6.07) is 5.82. The fourth-order valence-corrected chi connectivity index (χ4v) is 2.55. The summed E-state index contributed by atoms with van der Waals surface area (Å²) in [6.07, 6.45) is 0.762. The number of hydrogen-bond donors (Lipinski definition) is 2. The monoisotopic (exact) mass is 289 g/mol. The van der Waals surface area contributed by atoms with Gasteiger partial charge >= 0.3 is 0 Å². The van der Waals surface area contributed by atoms with E-state index in [0.717, 1.165) is 29.9 Å². The second kappa shape index (κ2) is 7.05. The van der Waals surface area contributed by atoms with Crippen molar-refractivity contribution in [3.8, 4) is 0 Å². The predicted octanol–water partition coefficient (Wildman–Crippen LogP) is 2.86. The first-order chi connectivity index (χ1) is 9.70. The van der Waals surface area contributed by atoms with E-state index in [9.17, 15) is 4.79 Å². The van der Waals surface area contributed by atoms with Gasteiger partial charge in [0.05, 0.1) is 16.8 Å². The molecule has 2 rings (SSSR count). The topological polar surface area (TPSA) is 54.0 Å². The lowest BCUT2D eigenvalue weighted by molar-refractivity contribution is 0.0955. The van der Waals surface area contributed by atoms with Crippen molar-refractivity contribution in [2.45, 2.75) is 20.3 Å². The highest BCUT2D eigenvalue weighted by Gasteiger charge is 2.10. The van der Waals surface area contributed by atoms with Gasteiger partial charge in [-0.3, -0.25) is 4.79 Å². The smallest absolute Gasteiger partial charge is 0.253 e. The molecule has 20 heavy (non-hydrogen) atoms. The minimum absolute atomic E-state index is 0.0452. The average molecular weight is 289 g/mol. The molecule has 1 aromatic heterocycles. The number of nitrogens with zero attached hydrogens (tertiary/aromatic N) is 1. The van der Waals surface area contributed by atoms with Crippen LogP contribution in [0.4, 0.5) is 5.69 Å². The third kappa shape index (κ3) is 3.81. The minimum Gasteiger partial charge on any atom is -0.385 e. The number of anilines is 1. The van der Waals surface area contributed by atoms with E-state index in [1.807, 2.05) is 37.4 Å². The van der Waals surface area contributed by atoms with Crippen molar-refractivity contribution in [2.75, 3.05) is 18.4 Å². The van der Waals surface area contributed by atoms with Crippen LogP contribution in [0.5, 0.6) is 0 Å². The zero-order valence-electron chi connectivity index (χ0n) is 11.8. The first kappa shape index (κ1) is 14.5. The molecule has 0 bridgehead atoms. The van der Waals surface area contributed by atoms with Crippen molar-refractivity contribution in [1.29, 1.82) is 0 Å². The third-order valence-corrected chi connectivity index (χ3v) is 3.57. The molecule has 0 atom stereocenters. The molecular formula is C15H19N3OS. The van der Waals surface area contributed by atoms with Crippen molar-refractivity contribution >= 4 is 22.9 Å². The molecule has 1 aromatic carbocycles. The van der Waals surface area contributed by atoms with Crippen molar-refractivity contribution in [3.05, 3.63) is 45.9 Å². The first-order valence-electron chi connectivity index (χ1n) is 6.70. The number of aromatic nitrogens is 1. The molecule has 0 saturated heterocycles. The summed E-state index contributed by atoms with van der Waals surface area (Å²) >= 11 is 1.57. The molecule has 106 valence electrons. The highest BCUT2D eigenvalue weighted by molar-refractivity contribution is 7.07. The van der Waals surface area contributed by atoms with Gasteiger partial charge in [-0.2, -0.15) is 0 Å². The Labute approximate surface area is 123 Å². The van der Waals surface area contributed by atoms with Crippen LogP contribution in [-0.4, -0.2) is 24.0 Å². The molecule has 0 fully saturated rings. The first-order valence-corrected chi connectivity index (χ1v) is 7.64. The highest BCUT2D eigenvalue weighted by Crippen LogP contribution is 2.17. The number of nitrogens with one attached hydrogen (secondary N) is 2. The number of aryl methyl sites for hydroxylation is 1. The van der Waals surface area contributed by atoms with E-state index in [1.54, 1.807) is 16.8 Å². The van der Waals surface area contributed by atoms with Gasteiger partial charge in [-0.25, -0.2) is 4.98 Å². The van der Waals surface area contributed by atoms with Crippen LogP contribution in [0.1, 0.15) is 28.5 Å². The maximum absolute atomic E-state index is 12.2. The van der Waals surface area contributed by atoms with Crippen LogP contribution in [0.15, 0.2) is 29.1 Å². The predicted molar refractivity (Wildman–Crippen MR) is 83.5 cm³/mol. The average Bonchev–Trinajstić information content (AvgIpc) is 2.92. The number of carbonyl (C=O) groups is 1. The summed E-state index contributed by atoms with van der Waals surface area (Å²) in [5.41, 5.74) is 5.54. The molecular weight excluding hydrogens is 270 g/mol. The Kier molecular flexibility index (Phi) is 5.12. The van der Waals surface area contributed by atoms with Gasteiger partial charge in [0.2, 0.25) is 0 Å². The van der Waals surface area contributed by atoms with E-state index in [1.165, 1.54) is 0 Å².